The van der Waals surface area contributed by atoms with Crippen LogP contribution >= 0.6 is 22.9 Å². The summed E-state index contributed by atoms with van der Waals surface area (Å²) in [6.45, 7) is 8.31. The summed E-state index contributed by atoms with van der Waals surface area (Å²) in [6.07, 6.45) is 4.18. The van der Waals surface area contributed by atoms with Crippen molar-refractivity contribution in [3.05, 3.63) is 0 Å². The fraction of sp³-hybridized carbons (Fsp3) is 1.00. The van der Waals surface area contributed by atoms with E-state index in [4.69, 9.17) is 0 Å². The summed E-state index contributed by atoms with van der Waals surface area (Å²) in [5.41, 5.74) is 0.460. The molecule has 1 nitrogen and oxygen atoms in total. The Balaban J connectivity index is 2.55. The SMILES string of the molecule is CC(C)(C)C1CCCCN1I. The second-order valence-corrected chi connectivity index (χ2v) is 5.74. The molecule has 2 heteroatoms. The predicted molar refractivity (Wildman–Crippen MR) is 57.8 cm³/mol. The Bertz CT molecular complexity index is 128. The molecule has 1 saturated heterocycles. The Kier molecular flexibility index (Phi) is 3.20. The molecule has 0 spiro atoms. The zero-order chi connectivity index (χ0) is 8.48. The number of nitrogens with zero attached hydrogens (tertiary/aromatic N) is 1. The Morgan fingerprint density at radius 2 is 1.91 bits per heavy atom. The minimum atomic E-state index is 0.460. The highest BCUT2D eigenvalue weighted by Gasteiger charge is 2.30. The molecule has 1 aliphatic rings. The maximum atomic E-state index is 2.49. The summed E-state index contributed by atoms with van der Waals surface area (Å²) in [5.74, 6) is 0. The summed E-state index contributed by atoms with van der Waals surface area (Å²) >= 11 is 2.48. The molecule has 0 aromatic carbocycles. The van der Waals surface area contributed by atoms with E-state index >= 15 is 0 Å². The van der Waals surface area contributed by atoms with Gasteiger partial charge in [0.1, 0.15) is 0 Å². The molecule has 0 aliphatic carbocycles. The molecule has 1 unspecified atom stereocenters. The molecule has 0 aromatic rings. The van der Waals surface area contributed by atoms with Crippen LogP contribution in [0.4, 0.5) is 0 Å². The molecule has 0 saturated carbocycles. The van der Waals surface area contributed by atoms with Crippen LogP contribution in [0.1, 0.15) is 40.0 Å². The lowest BCUT2D eigenvalue weighted by molar-refractivity contribution is 0.162. The Labute approximate surface area is 84.0 Å². The fourth-order valence-electron chi connectivity index (χ4n) is 1.75. The molecule has 1 aliphatic heterocycles. The van der Waals surface area contributed by atoms with Gasteiger partial charge < -0.3 is 0 Å². The fourth-order valence-corrected chi connectivity index (χ4v) is 3.20. The minimum Gasteiger partial charge on any atom is -0.244 e. The maximum absolute atomic E-state index is 2.49. The Hall–Kier alpha value is 0.690. The topological polar surface area (TPSA) is 3.24 Å². The van der Waals surface area contributed by atoms with Crippen molar-refractivity contribution in [1.82, 2.24) is 3.11 Å². The van der Waals surface area contributed by atoms with Crippen LogP contribution in [0.15, 0.2) is 0 Å². The molecule has 0 amide bonds. The van der Waals surface area contributed by atoms with E-state index in [1.807, 2.05) is 0 Å². The minimum absolute atomic E-state index is 0.460. The standard InChI is InChI=1S/C9H18IN/c1-9(2,3)8-6-4-5-7-11(8)10/h8H,4-7H2,1-3H3. The molecule has 0 radical (unpaired) electrons. The lowest BCUT2D eigenvalue weighted by Crippen LogP contribution is -2.41. The van der Waals surface area contributed by atoms with E-state index in [1.165, 1.54) is 25.8 Å². The van der Waals surface area contributed by atoms with Crippen molar-refractivity contribution in [1.29, 1.82) is 0 Å². The smallest absolute Gasteiger partial charge is 0.0242 e. The number of rotatable bonds is 0. The molecule has 0 aromatic heterocycles. The zero-order valence-corrected chi connectivity index (χ0v) is 9.89. The van der Waals surface area contributed by atoms with Gasteiger partial charge in [0, 0.05) is 35.5 Å². The van der Waals surface area contributed by atoms with Crippen molar-refractivity contribution < 1.29 is 0 Å². The highest BCUT2D eigenvalue weighted by atomic mass is 127. The largest absolute Gasteiger partial charge is 0.244 e. The number of piperidine rings is 1. The van der Waals surface area contributed by atoms with Gasteiger partial charge in [0.15, 0.2) is 0 Å². The number of hydrogen-bond donors (Lipinski definition) is 0. The van der Waals surface area contributed by atoms with Crippen molar-refractivity contribution in [3.8, 4) is 0 Å². The maximum Gasteiger partial charge on any atom is 0.0242 e. The van der Waals surface area contributed by atoms with Gasteiger partial charge in [0.2, 0.25) is 0 Å². The summed E-state index contributed by atoms with van der Waals surface area (Å²) in [5, 5.41) is 0. The first-order chi connectivity index (χ1) is 5.02. The van der Waals surface area contributed by atoms with Crippen LogP contribution in [-0.4, -0.2) is 15.7 Å². The Morgan fingerprint density at radius 1 is 1.27 bits per heavy atom. The third kappa shape index (κ3) is 2.58. The van der Waals surface area contributed by atoms with Gasteiger partial charge in [0.25, 0.3) is 0 Å². The van der Waals surface area contributed by atoms with Crippen LogP contribution < -0.4 is 0 Å². The van der Waals surface area contributed by atoms with E-state index in [2.05, 4.69) is 46.7 Å². The van der Waals surface area contributed by atoms with Gasteiger partial charge in [-0.3, -0.25) is 0 Å². The zero-order valence-electron chi connectivity index (χ0n) is 7.73. The van der Waals surface area contributed by atoms with Crippen LogP contribution in [0.3, 0.4) is 0 Å². The normalized spacial score (nSPS) is 28.9. The molecule has 1 heterocycles. The third-order valence-corrected chi connectivity index (χ3v) is 3.59. The number of halogens is 1. The highest BCUT2D eigenvalue weighted by molar-refractivity contribution is 14.1. The van der Waals surface area contributed by atoms with Gasteiger partial charge in [-0.2, -0.15) is 0 Å². The Morgan fingerprint density at radius 3 is 2.27 bits per heavy atom. The lowest BCUT2D eigenvalue weighted by Gasteiger charge is -2.39. The van der Waals surface area contributed by atoms with Gasteiger partial charge in [-0.1, -0.05) is 27.2 Å². The van der Waals surface area contributed by atoms with Crippen molar-refractivity contribution in [3.63, 3.8) is 0 Å². The van der Waals surface area contributed by atoms with Crippen LogP contribution in [0.25, 0.3) is 0 Å². The first kappa shape index (κ1) is 9.78. The molecule has 1 atom stereocenters. The second kappa shape index (κ2) is 3.60. The van der Waals surface area contributed by atoms with Gasteiger partial charge in [-0.05, 0) is 18.3 Å². The summed E-state index contributed by atoms with van der Waals surface area (Å²) in [6, 6.07) is 0.789. The molecular formula is C9H18IN. The van der Waals surface area contributed by atoms with Gasteiger partial charge >= 0.3 is 0 Å². The molecule has 0 N–H and O–H groups in total. The van der Waals surface area contributed by atoms with E-state index in [9.17, 15) is 0 Å². The van der Waals surface area contributed by atoms with Crippen molar-refractivity contribution in [2.24, 2.45) is 5.41 Å². The van der Waals surface area contributed by atoms with Crippen molar-refractivity contribution >= 4 is 22.9 Å². The van der Waals surface area contributed by atoms with E-state index in [1.54, 1.807) is 0 Å². The van der Waals surface area contributed by atoms with Crippen LogP contribution in [0.5, 0.6) is 0 Å². The monoisotopic (exact) mass is 267 g/mol. The molecular weight excluding hydrogens is 249 g/mol. The summed E-state index contributed by atoms with van der Waals surface area (Å²) in [7, 11) is 0. The van der Waals surface area contributed by atoms with Crippen molar-refractivity contribution in [2.75, 3.05) is 6.54 Å². The van der Waals surface area contributed by atoms with E-state index in [0.29, 0.717) is 5.41 Å². The van der Waals surface area contributed by atoms with E-state index in [0.717, 1.165) is 6.04 Å². The van der Waals surface area contributed by atoms with Gasteiger partial charge in [0.05, 0.1) is 0 Å². The quantitative estimate of drug-likeness (QED) is 0.481. The van der Waals surface area contributed by atoms with Crippen molar-refractivity contribution in [2.45, 2.75) is 46.1 Å². The summed E-state index contributed by atoms with van der Waals surface area (Å²) in [4.78, 5) is 0. The van der Waals surface area contributed by atoms with E-state index in [-0.39, 0.29) is 0 Å². The molecule has 1 rings (SSSR count). The first-order valence-corrected chi connectivity index (χ1v) is 5.41. The van der Waals surface area contributed by atoms with Crippen LogP contribution in [-0.2, 0) is 0 Å². The van der Waals surface area contributed by atoms with Gasteiger partial charge in [-0.25, -0.2) is 3.11 Å². The second-order valence-electron chi connectivity index (χ2n) is 4.50. The molecule has 1 fully saturated rings. The third-order valence-electron chi connectivity index (χ3n) is 2.44. The van der Waals surface area contributed by atoms with Crippen LogP contribution in [0.2, 0.25) is 0 Å². The molecule has 11 heavy (non-hydrogen) atoms. The first-order valence-electron chi connectivity index (χ1n) is 4.44. The van der Waals surface area contributed by atoms with E-state index < -0.39 is 0 Å². The summed E-state index contributed by atoms with van der Waals surface area (Å²) < 4.78 is 2.49. The van der Waals surface area contributed by atoms with Gasteiger partial charge in [-0.15, -0.1) is 0 Å². The predicted octanol–water partition coefficient (Wildman–Crippen LogP) is 3.24. The highest BCUT2D eigenvalue weighted by Crippen LogP contribution is 2.33. The average Bonchev–Trinajstić information content (AvgIpc) is 1.86. The molecule has 66 valence electrons. The average molecular weight is 267 g/mol. The number of hydrogen-bond acceptors (Lipinski definition) is 1. The van der Waals surface area contributed by atoms with Crippen LogP contribution in [0, 0.1) is 5.41 Å². The lowest BCUT2D eigenvalue weighted by atomic mass is 9.82. The molecule has 0 bridgehead atoms.